The molecule has 0 bridgehead atoms. The van der Waals surface area contributed by atoms with Crippen LogP contribution in [0.15, 0.2) is 167 Å². The van der Waals surface area contributed by atoms with Crippen molar-refractivity contribution in [3.05, 3.63) is 169 Å². The summed E-state index contributed by atoms with van der Waals surface area (Å²) in [6.07, 6.45) is 0. The molecule has 0 unspecified atom stereocenters. The van der Waals surface area contributed by atoms with Gasteiger partial charge in [-0.1, -0.05) is 122 Å². The highest BCUT2D eigenvalue weighted by atomic mass is 16.3. The number of rotatable bonds is 5. The van der Waals surface area contributed by atoms with Crippen molar-refractivity contribution >= 4 is 61.1 Å². The largest absolute Gasteiger partial charge is 0.454 e. The van der Waals surface area contributed by atoms with Crippen molar-refractivity contribution in [2.45, 2.75) is 0 Å². The highest BCUT2D eigenvalue weighted by molar-refractivity contribution is 6.21. The van der Waals surface area contributed by atoms with Gasteiger partial charge in [0.2, 0.25) is 0 Å². The summed E-state index contributed by atoms with van der Waals surface area (Å²) >= 11 is 0. The van der Waals surface area contributed by atoms with Gasteiger partial charge in [-0.3, -0.25) is 0 Å². The normalized spacial score (nSPS) is 12.4. The minimum absolute atomic E-state index is 0.356. The van der Waals surface area contributed by atoms with E-state index in [9.17, 15) is 0 Å². The van der Waals surface area contributed by atoms with Crippen LogP contribution < -0.4 is 5.73 Å². The summed E-state index contributed by atoms with van der Waals surface area (Å²) in [4.78, 5) is 9.69. The van der Waals surface area contributed by atoms with Crippen LogP contribution in [0.2, 0.25) is 0 Å². The highest BCUT2D eigenvalue weighted by Gasteiger charge is 2.19. The summed E-state index contributed by atoms with van der Waals surface area (Å²) in [6, 6.07) is 48.8. The lowest BCUT2D eigenvalue weighted by atomic mass is 10.1. The van der Waals surface area contributed by atoms with E-state index >= 15 is 0 Å². The second kappa shape index (κ2) is 10.8. The first-order chi connectivity index (χ1) is 22.2. The molecule has 0 spiro atoms. The molecule has 0 atom stereocenters. The maximum Gasteiger partial charge on any atom is 0.162 e. The van der Waals surface area contributed by atoms with E-state index in [2.05, 4.69) is 65.7 Å². The SMILES string of the molecule is C=C(N=C(N=C(N)c1cccc(-n2c3ccccc3c3ccc4c5ccccc5oc4c32)c1)c1ccccc1)c1ccccc1. The Morgan fingerprint density at radius 1 is 0.578 bits per heavy atom. The smallest absolute Gasteiger partial charge is 0.162 e. The fourth-order valence-electron chi connectivity index (χ4n) is 6.05. The molecular formula is C40H28N4O. The van der Waals surface area contributed by atoms with Gasteiger partial charge in [-0.2, -0.15) is 0 Å². The number of hydrogen-bond acceptors (Lipinski definition) is 2. The standard InChI is InChI=1S/C40H28N4O/c1-26(27-13-4-2-5-14-27)42-40(28-15-6-3-7-16-28)43-39(41)29-17-12-18-30(25-29)44-35-21-10-8-19-31(35)33-23-24-34-32-20-9-11-22-36(32)45-38(34)37(33)44/h2-25H,1H2,(H2,41,42,43). The summed E-state index contributed by atoms with van der Waals surface area (Å²) in [5.74, 6) is 0.850. The number of para-hydroxylation sites is 2. The maximum absolute atomic E-state index is 6.75. The lowest BCUT2D eigenvalue weighted by molar-refractivity contribution is 0.671. The van der Waals surface area contributed by atoms with Gasteiger partial charge < -0.3 is 14.7 Å². The van der Waals surface area contributed by atoms with Crippen LogP contribution in [-0.4, -0.2) is 16.2 Å². The quantitative estimate of drug-likeness (QED) is 0.163. The Kier molecular flexibility index (Phi) is 6.35. The number of hydrogen-bond donors (Lipinski definition) is 1. The molecule has 0 saturated heterocycles. The van der Waals surface area contributed by atoms with Gasteiger partial charge in [0, 0.05) is 38.4 Å². The third kappa shape index (κ3) is 4.58. The summed E-state index contributed by atoms with van der Waals surface area (Å²) < 4.78 is 8.78. The molecule has 0 aliphatic heterocycles. The fourth-order valence-corrected chi connectivity index (χ4v) is 6.05. The molecule has 0 saturated carbocycles. The molecule has 8 rings (SSSR count). The number of amidine groups is 2. The first-order valence-corrected chi connectivity index (χ1v) is 14.8. The van der Waals surface area contributed by atoms with Crippen molar-refractivity contribution in [2.75, 3.05) is 0 Å². The van der Waals surface area contributed by atoms with E-state index in [1.165, 1.54) is 0 Å². The minimum atomic E-state index is 0.356. The third-order valence-electron chi connectivity index (χ3n) is 8.19. The Morgan fingerprint density at radius 2 is 1.22 bits per heavy atom. The van der Waals surface area contributed by atoms with E-state index in [-0.39, 0.29) is 0 Å². The molecule has 6 aromatic carbocycles. The lowest BCUT2D eigenvalue weighted by Crippen LogP contribution is -2.17. The van der Waals surface area contributed by atoms with Crippen LogP contribution in [0.3, 0.4) is 0 Å². The Labute approximate surface area is 259 Å². The first-order valence-electron chi connectivity index (χ1n) is 14.8. The highest BCUT2D eigenvalue weighted by Crippen LogP contribution is 2.40. The van der Waals surface area contributed by atoms with E-state index in [1.807, 2.05) is 91.0 Å². The molecular weight excluding hydrogens is 552 g/mol. The third-order valence-corrected chi connectivity index (χ3v) is 8.19. The maximum atomic E-state index is 6.75. The zero-order chi connectivity index (χ0) is 30.3. The van der Waals surface area contributed by atoms with Crippen molar-refractivity contribution in [1.29, 1.82) is 0 Å². The molecule has 0 amide bonds. The molecule has 45 heavy (non-hydrogen) atoms. The van der Waals surface area contributed by atoms with Crippen molar-refractivity contribution in [1.82, 2.24) is 4.57 Å². The average Bonchev–Trinajstić information content (AvgIpc) is 3.65. The molecule has 2 heterocycles. The Hall–Kier alpha value is -6.20. The number of furan rings is 1. The molecule has 8 aromatic rings. The minimum Gasteiger partial charge on any atom is -0.454 e. The van der Waals surface area contributed by atoms with Gasteiger partial charge in [-0.15, -0.1) is 0 Å². The van der Waals surface area contributed by atoms with E-state index in [0.29, 0.717) is 17.4 Å². The van der Waals surface area contributed by atoms with Crippen molar-refractivity contribution < 1.29 is 4.42 Å². The fraction of sp³-hybridized carbons (Fsp3) is 0. The number of aliphatic imine (C=N–C) groups is 2. The monoisotopic (exact) mass is 580 g/mol. The predicted molar refractivity (Wildman–Crippen MR) is 187 cm³/mol. The summed E-state index contributed by atoms with van der Waals surface area (Å²) in [7, 11) is 0. The van der Waals surface area contributed by atoms with Crippen LogP contribution in [-0.2, 0) is 0 Å². The Balaban J connectivity index is 1.30. The molecule has 0 aliphatic rings. The molecule has 0 aliphatic carbocycles. The summed E-state index contributed by atoms with van der Waals surface area (Å²) in [5.41, 5.74) is 14.7. The number of nitrogens with two attached hydrogens (primary N) is 1. The predicted octanol–water partition coefficient (Wildman–Crippen LogP) is 9.51. The first kappa shape index (κ1) is 26.4. The molecule has 2 N–H and O–H groups in total. The van der Waals surface area contributed by atoms with Crippen LogP contribution in [0, 0.1) is 0 Å². The lowest BCUT2D eigenvalue weighted by Gasteiger charge is -2.11. The summed E-state index contributed by atoms with van der Waals surface area (Å²) in [6.45, 7) is 4.21. The van der Waals surface area contributed by atoms with Crippen LogP contribution in [0.1, 0.15) is 16.7 Å². The molecule has 5 nitrogen and oxygen atoms in total. The van der Waals surface area contributed by atoms with E-state index in [4.69, 9.17) is 20.1 Å². The Bertz CT molecular complexity index is 2450. The second-order valence-corrected chi connectivity index (χ2v) is 11.0. The van der Waals surface area contributed by atoms with Crippen LogP contribution in [0.4, 0.5) is 0 Å². The van der Waals surface area contributed by atoms with Crippen molar-refractivity contribution in [2.24, 2.45) is 15.7 Å². The van der Waals surface area contributed by atoms with Gasteiger partial charge in [0.15, 0.2) is 11.4 Å². The van der Waals surface area contributed by atoms with Crippen LogP contribution >= 0.6 is 0 Å². The van der Waals surface area contributed by atoms with Gasteiger partial charge >= 0.3 is 0 Å². The number of aromatic nitrogens is 1. The van der Waals surface area contributed by atoms with Gasteiger partial charge in [-0.05, 0) is 35.9 Å². The van der Waals surface area contributed by atoms with Gasteiger partial charge in [-0.25, -0.2) is 9.98 Å². The Morgan fingerprint density at radius 3 is 2.02 bits per heavy atom. The van der Waals surface area contributed by atoms with E-state index < -0.39 is 0 Å². The van der Waals surface area contributed by atoms with Crippen LogP contribution in [0.5, 0.6) is 0 Å². The van der Waals surface area contributed by atoms with Crippen LogP contribution in [0.25, 0.3) is 55.1 Å². The second-order valence-electron chi connectivity index (χ2n) is 11.0. The zero-order valence-corrected chi connectivity index (χ0v) is 24.4. The molecule has 2 aromatic heterocycles. The average molecular weight is 581 g/mol. The van der Waals surface area contributed by atoms with E-state index in [0.717, 1.165) is 66.1 Å². The number of fused-ring (bicyclic) bond motifs is 7. The summed E-state index contributed by atoms with van der Waals surface area (Å²) in [5, 5.41) is 4.46. The van der Waals surface area contributed by atoms with Crippen molar-refractivity contribution in [3.8, 4) is 5.69 Å². The molecule has 0 radical (unpaired) electrons. The number of benzene rings is 6. The van der Waals surface area contributed by atoms with Gasteiger partial charge in [0.05, 0.1) is 16.7 Å². The molecule has 0 fully saturated rings. The van der Waals surface area contributed by atoms with E-state index in [1.54, 1.807) is 0 Å². The van der Waals surface area contributed by atoms with Gasteiger partial charge in [0.25, 0.3) is 0 Å². The van der Waals surface area contributed by atoms with Gasteiger partial charge in [0.1, 0.15) is 11.4 Å². The molecule has 214 valence electrons. The number of nitrogens with zero attached hydrogens (tertiary/aromatic N) is 3. The molecule has 5 heteroatoms. The zero-order valence-electron chi connectivity index (χ0n) is 24.4. The topological polar surface area (TPSA) is 68.8 Å². The van der Waals surface area contributed by atoms with Crippen molar-refractivity contribution in [3.63, 3.8) is 0 Å².